The molecule has 2 N–H and O–H groups in total. The van der Waals surface area contributed by atoms with Crippen LogP contribution in [0, 0.1) is 5.92 Å². The van der Waals surface area contributed by atoms with Crippen molar-refractivity contribution in [3.05, 3.63) is 60.2 Å². The predicted octanol–water partition coefficient (Wildman–Crippen LogP) is 3.12. The lowest BCUT2D eigenvalue weighted by atomic mass is 10.0. The molecule has 2 rings (SSSR count). The number of hydrogen-bond donors (Lipinski definition) is 2. The fourth-order valence-electron chi connectivity index (χ4n) is 2.26. The van der Waals surface area contributed by atoms with E-state index in [0.717, 1.165) is 11.1 Å². The van der Waals surface area contributed by atoms with Crippen LogP contribution in [-0.2, 0) is 4.74 Å². The van der Waals surface area contributed by atoms with Gasteiger partial charge in [0.05, 0.1) is 12.7 Å². The Morgan fingerprint density at radius 2 is 1.62 bits per heavy atom. The molecule has 0 fully saturated rings. The van der Waals surface area contributed by atoms with Crippen LogP contribution in [0.25, 0.3) is 11.1 Å². The van der Waals surface area contributed by atoms with Crippen LogP contribution >= 0.6 is 0 Å². The van der Waals surface area contributed by atoms with Gasteiger partial charge in [-0.25, -0.2) is 0 Å². The summed E-state index contributed by atoms with van der Waals surface area (Å²) in [6.07, 6.45) is -0.698. The summed E-state index contributed by atoms with van der Waals surface area (Å²) in [5.41, 5.74) is 2.75. The van der Waals surface area contributed by atoms with Crippen LogP contribution in [0.1, 0.15) is 24.2 Å². The summed E-state index contributed by atoms with van der Waals surface area (Å²) >= 11 is 0. The zero-order valence-electron chi connectivity index (χ0n) is 14.2. The van der Waals surface area contributed by atoms with Gasteiger partial charge in [-0.15, -0.1) is 0 Å². The second kappa shape index (κ2) is 9.21. The van der Waals surface area contributed by atoms with Gasteiger partial charge in [0.2, 0.25) is 0 Å². The molecule has 0 aromatic heterocycles. The van der Waals surface area contributed by atoms with Crippen LogP contribution in [0.15, 0.2) is 54.6 Å². The van der Waals surface area contributed by atoms with E-state index in [-0.39, 0.29) is 19.1 Å². The minimum atomic E-state index is -0.698. The fraction of sp³-hybridized carbons (Fsp3) is 0.350. The van der Waals surface area contributed by atoms with E-state index in [9.17, 15) is 9.90 Å². The number of hydrogen-bond acceptors (Lipinski definition) is 3. The molecule has 0 saturated heterocycles. The highest BCUT2D eigenvalue weighted by Crippen LogP contribution is 2.19. The molecule has 0 aliphatic heterocycles. The minimum Gasteiger partial charge on any atom is -0.389 e. The van der Waals surface area contributed by atoms with E-state index in [1.165, 1.54) is 0 Å². The third-order valence-corrected chi connectivity index (χ3v) is 3.51. The normalized spacial score (nSPS) is 12.2. The highest BCUT2D eigenvalue weighted by atomic mass is 16.5. The van der Waals surface area contributed by atoms with Gasteiger partial charge in [0, 0.05) is 18.7 Å². The topological polar surface area (TPSA) is 58.6 Å². The highest BCUT2D eigenvalue weighted by molar-refractivity contribution is 5.94. The molecule has 4 nitrogen and oxygen atoms in total. The Morgan fingerprint density at radius 1 is 1.00 bits per heavy atom. The van der Waals surface area contributed by atoms with Crippen molar-refractivity contribution in [2.24, 2.45) is 5.92 Å². The van der Waals surface area contributed by atoms with Gasteiger partial charge < -0.3 is 15.2 Å². The summed E-state index contributed by atoms with van der Waals surface area (Å²) in [5, 5.41) is 12.5. The molecule has 0 bridgehead atoms. The molecule has 128 valence electrons. The molecule has 1 amide bonds. The smallest absolute Gasteiger partial charge is 0.251 e. The molecule has 0 radical (unpaired) electrons. The number of carbonyl (C=O) groups excluding carboxylic acids is 1. The van der Waals surface area contributed by atoms with Gasteiger partial charge in [0.25, 0.3) is 5.91 Å². The number of amides is 1. The summed E-state index contributed by atoms with van der Waals surface area (Å²) in [6.45, 7) is 5.11. The first kappa shape index (κ1) is 18.2. The van der Waals surface area contributed by atoms with Crippen molar-refractivity contribution in [1.29, 1.82) is 0 Å². The molecule has 1 unspecified atom stereocenters. The maximum atomic E-state index is 12.1. The predicted molar refractivity (Wildman–Crippen MR) is 95.9 cm³/mol. The molecule has 4 heteroatoms. The maximum Gasteiger partial charge on any atom is 0.251 e. The summed E-state index contributed by atoms with van der Waals surface area (Å²) in [5.74, 6) is 0.229. The average molecular weight is 327 g/mol. The summed E-state index contributed by atoms with van der Waals surface area (Å²) in [6, 6.07) is 17.4. The van der Waals surface area contributed by atoms with Gasteiger partial charge in [-0.2, -0.15) is 0 Å². The molecular formula is C20H25NO3. The first-order chi connectivity index (χ1) is 11.6. The van der Waals surface area contributed by atoms with E-state index in [1.807, 2.05) is 56.3 Å². The van der Waals surface area contributed by atoms with Crippen molar-refractivity contribution in [2.75, 3.05) is 19.8 Å². The monoisotopic (exact) mass is 327 g/mol. The van der Waals surface area contributed by atoms with Crippen LogP contribution in [0.2, 0.25) is 0 Å². The number of benzene rings is 2. The Bertz CT molecular complexity index is 623. The van der Waals surface area contributed by atoms with E-state index < -0.39 is 6.10 Å². The minimum absolute atomic E-state index is 0.178. The molecule has 0 aliphatic rings. The molecule has 1 atom stereocenters. The van der Waals surface area contributed by atoms with Gasteiger partial charge >= 0.3 is 0 Å². The lowest BCUT2D eigenvalue weighted by Crippen LogP contribution is -2.34. The average Bonchev–Trinajstić information content (AvgIpc) is 2.60. The second-order valence-electron chi connectivity index (χ2n) is 6.24. The molecule has 2 aromatic rings. The van der Waals surface area contributed by atoms with Crippen molar-refractivity contribution in [2.45, 2.75) is 20.0 Å². The fourth-order valence-corrected chi connectivity index (χ4v) is 2.26. The van der Waals surface area contributed by atoms with Gasteiger partial charge in [-0.1, -0.05) is 56.3 Å². The molecule has 0 heterocycles. The molecule has 0 spiro atoms. The van der Waals surface area contributed by atoms with Gasteiger partial charge in [-0.3, -0.25) is 4.79 Å². The van der Waals surface area contributed by atoms with Crippen molar-refractivity contribution >= 4 is 5.91 Å². The van der Waals surface area contributed by atoms with Crippen molar-refractivity contribution in [1.82, 2.24) is 5.32 Å². The zero-order valence-corrected chi connectivity index (χ0v) is 14.2. The SMILES string of the molecule is CC(C)COCC(O)CNC(=O)c1ccc(-c2ccccc2)cc1. The van der Waals surface area contributed by atoms with Crippen LogP contribution in [0.5, 0.6) is 0 Å². The highest BCUT2D eigenvalue weighted by Gasteiger charge is 2.10. The van der Waals surface area contributed by atoms with Crippen LogP contribution in [0.4, 0.5) is 0 Å². The third kappa shape index (κ3) is 5.80. The number of rotatable bonds is 8. The van der Waals surface area contributed by atoms with Crippen molar-refractivity contribution in [3.8, 4) is 11.1 Å². The Kier molecular flexibility index (Phi) is 6.97. The van der Waals surface area contributed by atoms with E-state index >= 15 is 0 Å². The summed E-state index contributed by atoms with van der Waals surface area (Å²) in [7, 11) is 0. The van der Waals surface area contributed by atoms with Crippen LogP contribution < -0.4 is 5.32 Å². The summed E-state index contributed by atoms with van der Waals surface area (Å²) in [4.78, 5) is 12.1. The molecule has 2 aromatic carbocycles. The number of ether oxygens (including phenoxy) is 1. The third-order valence-electron chi connectivity index (χ3n) is 3.51. The van der Waals surface area contributed by atoms with Crippen LogP contribution in [-0.4, -0.2) is 36.9 Å². The lowest BCUT2D eigenvalue weighted by molar-refractivity contribution is 0.0259. The summed E-state index contributed by atoms with van der Waals surface area (Å²) < 4.78 is 5.36. The Morgan fingerprint density at radius 3 is 2.25 bits per heavy atom. The van der Waals surface area contributed by atoms with Crippen molar-refractivity contribution in [3.63, 3.8) is 0 Å². The van der Waals surface area contributed by atoms with E-state index in [0.29, 0.717) is 18.1 Å². The second-order valence-corrected chi connectivity index (χ2v) is 6.24. The Balaban J connectivity index is 1.82. The van der Waals surface area contributed by atoms with Crippen molar-refractivity contribution < 1.29 is 14.6 Å². The van der Waals surface area contributed by atoms with E-state index in [2.05, 4.69) is 5.32 Å². The van der Waals surface area contributed by atoms with E-state index in [1.54, 1.807) is 12.1 Å². The van der Waals surface area contributed by atoms with Gasteiger partial charge in [-0.05, 0) is 29.2 Å². The number of aliphatic hydroxyl groups is 1. The number of aliphatic hydroxyl groups excluding tert-OH is 1. The van der Waals surface area contributed by atoms with Crippen LogP contribution in [0.3, 0.4) is 0 Å². The molecule has 0 aliphatic carbocycles. The van der Waals surface area contributed by atoms with Gasteiger partial charge in [0.1, 0.15) is 0 Å². The molecule has 0 saturated carbocycles. The quantitative estimate of drug-likeness (QED) is 0.783. The largest absolute Gasteiger partial charge is 0.389 e. The Hall–Kier alpha value is -2.17. The zero-order chi connectivity index (χ0) is 17.4. The Labute approximate surface area is 143 Å². The first-order valence-corrected chi connectivity index (χ1v) is 8.25. The standard InChI is InChI=1S/C20H25NO3/c1-15(2)13-24-14-19(22)12-21-20(23)18-10-8-17(9-11-18)16-6-4-3-5-7-16/h3-11,15,19,22H,12-14H2,1-2H3,(H,21,23). The van der Waals surface area contributed by atoms with Gasteiger partial charge in [0.15, 0.2) is 0 Å². The number of nitrogens with one attached hydrogen (secondary N) is 1. The first-order valence-electron chi connectivity index (χ1n) is 8.25. The number of carbonyl (C=O) groups is 1. The van der Waals surface area contributed by atoms with E-state index in [4.69, 9.17) is 4.74 Å². The molecular weight excluding hydrogens is 302 g/mol. The molecule has 24 heavy (non-hydrogen) atoms. The lowest BCUT2D eigenvalue weighted by Gasteiger charge is -2.13. The maximum absolute atomic E-state index is 12.1.